The highest BCUT2D eigenvalue weighted by Crippen LogP contribution is 2.40. The van der Waals surface area contributed by atoms with Crippen LogP contribution >= 0.6 is 0 Å². The van der Waals surface area contributed by atoms with Crippen LogP contribution in [0.25, 0.3) is 145 Å². The summed E-state index contributed by atoms with van der Waals surface area (Å²) in [5.74, 6) is 2.34. The minimum absolute atomic E-state index is 0.622. The van der Waals surface area contributed by atoms with Crippen molar-refractivity contribution in [1.29, 1.82) is 0 Å². The smallest absolute Gasteiger partial charge is 0.220 e. The lowest BCUT2D eigenvalue weighted by Crippen LogP contribution is -1.99. The summed E-state index contributed by atoms with van der Waals surface area (Å²) in [4.78, 5) is 21.1. The molecule has 344 valence electrons. The summed E-state index contributed by atoms with van der Waals surface area (Å²) in [6.07, 6.45) is 0. The third kappa shape index (κ3) is 5.74. The van der Waals surface area contributed by atoms with Crippen LogP contribution < -0.4 is 0 Å². The Bertz CT molecular complexity index is 4730. The number of furan rings is 2. The molecular formula is C63H40N8O2. The van der Waals surface area contributed by atoms with E-state index in [9.17, 15) is 0 Å². The topological polar surface area (TPSA) is 96.5 Å². The highest BCUT2D eigenvalue weighted by molar-refractivity contribution is 6.09. The van der Waals surface area contributed by atoms with Gasteiger partial charge in [-0.25, -0.2) is 19.9 Å². The number of fused-ring (bicyclic) bond motifs is 16. The fraction of sp³-hybridized carbons (Fsp3) is 0.0476. The Hall–Kier alpha value is -9.80. The average Bonchev–Trinajstić information content (AvgIpc) is 4.26. The number of hydrogen-bond donors (Lipinski definition) is 0. The monoisotopic (exact) mass is 940 g/mol. The van der Waals surface area contributed by atoms with Crippen molar-refractivity contribution in [2.45, 2.75) is 20.8 Å². The molecule has 10 nitrogen and oxygen atoms in total. The Morgan fingerprint density at radius 3 is 1.32 bits per heavy atom. The normalized spacial score (nSPS) is 12.3. The molecule has 73 heavy (non-hydrogen) atoms. The lowest BCUT2D eigenvalue weighted by Gasteiger charge is -2.14. The fourth-order valence-electron chi connectivity index (χ4n) is 11.8. The summed E-state index contributed by atoms with van der Waals surface area (Å²) in [6, 6.07) is 65.6. The van der Waals surface area contributed by atoms with Crippen LogP contribution in [0, 0.1) is 20.8 Å². The molecule has 0 N–H and O–H groups in total. The van der Waals surface area contributed by atoms with E-state index in [2.05, 4.69) is 209 Å². The van der Waals surface area contributed by atoms with Crippen LogP contribution in [0.3, 0.4) is 0 Å². The van der Waals surface area contributed by atoms with E-state index in [1.807, 2.05) is 18.2 Å². The number of imidazole rings is 4. The van der Waals surface area contributed by atoms with Crippen molar-refractivity contribution >= 4 is 99.6 Å². The molecule has 9 aromatic carbocycles. The van der Waals surface area contributed by atoms with Crippen molar-refractivity contribution in [3.63, 3.8) is 0 Å². The number of aromatic nitrogens is 8. The van der Waals surface area contributed by atoms with Crippen LogP contribution in [-0.2, 0) is 0 Å². The van der Waals surface area contributed by atoms with Gasteiger partial charge in [-0.05, 0) is 159 Å². The van der Waals surface area contributed by atoms with Gasteiger partial charge in [-0.1, -0.05) is 66.2 Å². The molecule has 0 spiro atoms. The van der Waals surface area contributed by atoms with Gasteiger partial charge in [0.1, 0.15) is 22.3 Å². The minimum atomic E-state index is 0.622. The molecule has 0 aliphatic carbocycles. The van der Waals surface area contributed by atoms with Gasteiger partial charge in [0.05, 0.1) is 66.9 Å². The van der Waals surface area contributed by atoms with Gasteiger partial charge in [0.15, 0.2) is 5.82 Å². The largest absolute Gasteiger partial charge is 0.456 e. The van der Waals surface area contributed by atoms with Crippen LogP contribution in [0.4, 0.5) is 0 Å². The van der Waals surface area contributed by atoms with Crippen molar-refractivity contribution in [3.8, 4) is 45.3 Å². The Kier molecular flexibility index (Phi) is 8.01. The first-order chi connectivity index (χ1) is 35.9. The van der Waals surface area contributed by atoms with Gasteiger partial charge in [-0.15, -0.1) is 0 Å². The van der Waals surface area contributed by atoms with Crippen LogP contribution in [0.1, 0.15) is 16.7 Å². The number of hydrogen-bond acceptors (Lipinski definition) is 6. The van der Waals surface area contributed by atoms with E-state index >= 15 is 0 Å². The molecule has 0 atom stereocenters. The van der Waals surface area contributed by atoms with Gasteiger partial charge in [0.2, 0.25) is 11.6 Å². The molecular weight excluding hydrogens is 901 g/mol. The van der Waals surface area contributed by atoms with Gasteiger partial charge >= 0.3 is 0 Å². The molecule has 0 amide bonds. The van der Waals surface area contributed by atoms with E-state index < -0.39 is 0 Å². The zero-order chi connectivity index (χ0) is 48.2. The molecule has 0 aliphatic rings. The number of benzene rings is 9. The van der Waals surface area contributed by atoms with Crippen LogP contribution in [0.15, 0.2) is 197 Å². The predicted molar refractivity (Wildman–Crippen MR) is 293 cm³/mol. The second-order valence-corrected chi connectivity index (χ2v) is 19.3. The SMILES string of the molecule is Cc1cc(C)c(-c2cc(-c3ccc4oc5ccc(-n6c7ccccc7n7c8ccccc8nc67)cc5c4c3)nc(-c3ccc4oc5ccc(-n6c7ccccc7n7c8ccccc8nc67)cc5c4c3)n2)c(C)c1. The number of rotatable bonds is 5. The Morgan fingerprint density at radius 1 is 0.356 bits per heavy atom. The summed E-state index contributed by atoms with van der Waals surface area (Å²) < 4.78 is 22.1. The van der Waals surface area contributed by atoms with Gasteiger partial charge in [-0.2, -0.15) is 0 Å². The lowest BCUT2D eigenvalue weighted by atomic mass is 9.96. The first-order valence-corrected chi connectivity index (χ1v) is 24.5. The maximum absolute atomic E-state index is 6.55. The summed E-state index contributed by atoms with van der Waals surface area (Å²) >= 11 is 0. The maximum atomic E-state index is 6.55. The molecule has 16 aromatic rings. The Labute approximate surface area is 415 Å². The van der Waals surface area contributed by atoms with Crippen molar-refractivity contribution in [3.05, 3.63) is 205 Å². The highest BCUT2D eigenvalue weighted by atomic mass is 16.3. The van der Waals surface area contributed by atoms with E-state index in [1.165, 1.54) is 5.56 Å². The number of para-hydroxylation sites is 8. The summed E-state index contributed by atoms with van der Waals surface area (Å²) in [5, 5.41) is 3.98. The van der Waals surface area contributed by atoms with Crippen LogP contribution in [-0.4, -0.2) is 37.9 Å². The first-order valence-electron chi connectivity index (χ1n) is 24.5. The molecule has 0 saturated heterocycles. The average molecular weight is 941 g/mol. The van der Waals surface area contributed by atoms with Crippen molar-refractivity contribution < 1.29 is 8.83 Å². The zero-order valence-corrected chi connectivity index (χ0v) is 39.8. The second kappa shape index (κ2) is 14.6. The maximum Gasteiger partial charge on any atom is 0.220 e. The molecule has 0 unspecified atom stereocenters. The van der Waals surface area contributed by atoms with Gasteiger partial charge in [-0.3, -0.25) is 17.9 Å². The second-order valence-electron chi connectivity index (χ2n) is 19.3. The van der Waals surface area contributed by atoms with E-state index in [4.69, 9.17) is 28.8 Å². The van der Waals surface area contributed by atoms with Crippen LogP contribution in [0.2, 0.25) is 0 Å². The predicted octanol–water partition coefficient (Wildman–Crippen LogP) is 15.7. The molecule has 16 rings (SSSR count). The van der Waals surface area contributed by atoms with E-state index in [-0.39, 0.29) is 0 Å². The molecule has 0 bridgehead atoms. The highest BCUT2D eigenvalue weighted by Gasteiger charge is 2.22. The molecule has 7 heterocycles. The number of aryl methyl sites for hydroxylation is 3. The molecule has 0 aliphatic heterocycles. The standard InChI is InChI=1S/C63H40N8O2/c1-35-28-36(2)60(37(3)29-35)49-34-48(38-20-24-56-42(30-38)44-32-40(22-26-58(44)72-56)68-52-16-8-10-18-54(52)70-50-14-6-4-12-46(50)66-62(68)70)64-61(65-49)39-21-25-57-43(31-39)45-33-41(23-27-59(45)73-57)69-53-17-9-11-19-55(53)71-51-15-7-5-13-47(51)67-63(69)71/h4-34H,1-3H3. The molecule has 0 saturated carbocycles. The van der Waals surface area contributed by atoms with Crippen molar-refractivity contribution in [2.24, 2.45) is 0 Å². The fourth-order valence-corrected chi connectivity index (χ4v) is 11.8. The quantitative estimate of drug-likeness (QED) is 0.171. The minimum Gasteiger partial charge on any atom is -0.456 e. The summed E-state index contributed by atoms with van der Waals surface area (Å²) in [5.41, 5.74) is 21.7. The van der Waals surface area contributed by atoms with E-state index in [0.717, 1.165) is 150 Å². The lowest BCUT2D eigenvalue weighted by molar-refractivity contribution is 0.668. The van der Waals surface area contributed by atoms with Gasteiger partial charge < -0.3 is 8.83 Å². The summed E-state index contributed by atoms with van der Waals surface area (Å²) in [7, 11) is 0. The first kappa shape index (κ1) is 40.0. The van der Waals surface area contributed by atoms with Gasteiger partial charge in [0, 0.05) is 38.2 Å². The van der Waals surface area contributed by atoms with E-state index in [0.29, 0.717) is 5.82 Å². The zero-order valence-electron chi connectivity index (χ0n) is 39.8. The molecule has 10 heteroatoms. The Balaban J connectivity index is 0.867. The number of nitrogens with zero attached hydrogens (tertiary/aromatic N) is 8. The third-order valence-electron chi connectivity index (χ3n) is 14.8. The van der Waals surface area contributed by atoms with Crippen molar-refractivity contribution in [1.82, 2.24) is 37.9 Å². The summed E-state index contributed by atoms with van der Waals surface area (Å²) in [6.45, 7) is 6.48. The Morgan fingerprint density at radius 2 is 0.781 bits per heavy atom. The molecule has 7 aromatic heterocycles. The van der Waals surface area contributed by atoms with E-state index in [1.54, 1.807) is 0 Å². The third-order valence-corrected chi connectivity index (χ3v) is 14.8. The van der Waals surface area contributed by atoms with Crippen LogP contribution in [0.5, 0.6) is 0 Å². The van der Waals surface area contributed by atoms with Gasteiger partial charge in [0.25, 0.3) is 0 Å². The molecule has 0 radical (unpaired) electrons. The van der Waals surface area contributed by atoms with Crippen molar-refractivity contribution in [2.75, 3.05) is 0 Å². The molecule has 0 fully saturated rings.